The molecule has 18 heavy (non-hydrogen) atoms. The lowest BCUT2D eigenvalue weighted by Crippen LogP contribution is -2.11. The van der Waals surface area contributed by atoms with Gasteiger partial charge < -0.3 is 4.74 Å². The number of hydrogen-bond donors (Lipinski definition) is 0. The Kier molecular flexibility index (Phi) is 5.59. The zero-order chi connectivity index (χ0) is 13.4. The molecule has 0 saturated heterocycles. The van der Waals surface area contributed by atoms with E-state index in [0.717, 1.165) is 12.8 Å². The van der Waals surface area contributed by atoms with Gasteiger partial charge in [0, 0.05) is 12.1 Å². The third-order valence-electron chi connectivity index (χ3n) is 1.96. The molecule has 0 aliphatic heterocycles. The average Bonchev–Trinajstić information content (AvgIpc) is 2.35. The summed E-state index contributed by atoms with van der Waals surface area (Å²) < 4.78 is 4.72. The third-order valence-corrected chi connectivity index (χ3v) is 1.96. The summed E-state index contributed by atoms with van der Waals surface area (Å²) in [5.74, 6) is 0.143. The van der Waals surface area contributed by atoms with Gasteiger partial charge in [0.1, 0.15) is 5.75 Å². The Morgan fingerprint density at radius 1 is 1.33 bits per heavy atom. The molecule has 0 radical (unpaired) electrons. The van der Waals surface area contributed by atoms with E-state index >= 15 is 0 Å². The number of nitrogens with zero attached hydrogens (tertiary/aromatic N) is 1. The summed E-state index contributed by atoms with van der Waals surface area (Å²) >= 11 is 0. The highest BCUT2D eigenvalue weighted by Gasteiger charge is 2.09. The molecule has 0 N–H and O–H groups in total. The first-order valence-electron chi connectivity index (χ1n) is 5.39. The first-order valence-corrected chi connectivity index (χ1v) is 5.39. The van der Waals surface area contributed by atoms with E-state index in [1.165, 1.54) is 24.3 Å². The van der Waals surface area contributed by atoms with Gasteiger partial charge in [-0.15, -0.1) is 0 Å². The fraction of sp³-hybridized carbons (Fsp3) is 0.364. The number of hydrogen-bond acceptors (Lipinski definition) is 6. The lowest BCUT2D eigenvalue weighted by molar-refractivity contribution is -0.384. The van der Waals surface area contributed by atoms with Crippen LogP contribution in [0.25, 0.3) is 0 Å². The zero-order valence-corrected chi connectivity index (χ0v) is 9.83. The van der Waals surface area contributed by atoms with Crippen LogP contribution in [0.2, 0.25) is 0 Å². The molecule has 0 atom stereocenters. The minimum absolute atomic E-state index is 0.0880. The molecule has 0 bridgehead atoms. The van der Waals surface area contributed by atoms with Crippen LogP contribution in [0.4, 0.5) is 10.5 Å². The van der Waals surface area contributed by atoms with E-state index in [-0.39, 0.29) is 11.4 Å². The van der Waals surface area contributed by atoms with Crippen molar-refractivity contribution in [1.82, 2.24) is 0 Å². The number of benzene rings is 1. The van der Waals surface area contributed by atoms with Crippen molar-refractivity contribution < 1.29 is 24.2 Å². The predicted molar refractivity (Wildman–Crippen MR) is 61.1 cm³/mol. The van der Waals surface area contributed by atoms with Gasteiger partial charge in [-0.2, -0.15) is 4.89 Å². The van der Waals surface area contributed by atoms with Crippen LogP contribution in [-0.2, 0) is 9.78 Å². The highest BCUT2D eigenvalue weighted by atomic mass is 17.2. The molecule has 98 valence electrons. The molecule has 7 nitrogen and oxygen atoms in total. The second kappa shape index (κ2) is 7.23. The summed E-state index contributed by atoms with van der Waals surface area (Å²) in [4.78, 5) is 29.9. The maximum absolute atomic E-state index is 11.1. The normalized spacial score (nSPS) is 9.83. The number of rotatable bonds is 6. The first kappa shape index (κ1) is 13.9. The monoisotopic (exact) mass is 255 g/mol. The highest BCUT2D eigenvalue weighted by molar-refractivity contribution is 5.63. The lowest BCUT2D eigenvalue weighted by atomic mass is 10.3. The van der Waals surface area contributed by atoms with Gasteiger partial charge in [-0.05, 0) is 18.6 Å². The van der Waals surface area contributed by atoms with E-state index in [1.807, 2.05) is 6.92 Å². The number of nitro benzene ring substituents is 1. The summed E-state index contributed by atoms with van der Waals surface area (Å²) in [6.45, 7) is 2.27. The molecule has 1 aromatic rings. The summed E-state index contributed by atoms with van der Waals surface area (Å²) in [5.41, 5.74) is -0.0880. The Morgan fingerprint density at radius 2 is 2.00 bits per heavy atom. The van der Waals surface area contributed by atoms with Gasteiger partial charge in [0.25, 0.3) is 5.69 Å². The quantitative estimate of drug-likeness (QED) is 0.194. The van der Waals surface area contributed by atoms with Crippen LogP contribution in [0.1, 0.15) is 19.8 Å². The molecule has 1 rings (SSSR count). The van der Waals surface area contributed by atoms with Crippen LogP contribution in [0, 0.1) is 10.1 Å². The Hall–Kier alpha value is -2.15. The molecule has 0 spiro atoms. The Balaban J connectivity index is 2.37. The predicted octanol–water partition coefficient (Wildman–Crippen LogP) is 2.84. The van der Waals surface area contributed by atoms with Gasteiger partial charge in [-0.3, -0.25) is 15.0 Å². The van der Waals surface area contributed by atoms with E-state index in [4.69, 9.17) is 4.74 Å². The van der Waals surface area contributed by atoms with Crippen molar-refractivity contribution in [3.63, 3.8) is 0 Å². The summed E-state index contributed by atoms with van der Waals surface area (Å²) in [6, 6.07) is 5.04. The maximum atomic E-state index is 11.1. The van der Waals surface area contributed by atoms with E-state index < -0.39 is 11.1 Å². The number of carbonyl (C=O) groups excluding carboxylic acids is 1. The van der Waals surface area contributed by atoms with Crippen molar-refractivity contribution in [2.24, 2.45) is 0 Å². The maximum Gasteiger partial charge on any atom is 0.546 e. The average molecular weight is 255 g/mol. The lowest BCUT2D eigenvalue weighted by Gasteiger charge is -2.03. The number of carbonyl (C=O) groups is 1. The van der Waals surface area contributed by atoms with E-state index in [0.29, 0.717) is 6.61 Å². The molecule has 0 unspecified atom stereocenters. The highest BCUT2D eigenvalue weighted by Crippen LogP contribution is 2.17. The number of non-ortho nitro benzene ring substituents is 1. The summed E-state index contributed by atoms with van der Waals surface area (Å²) in [7, 11) is 0. The second-order valence-corrected chi connectivity index (χ2v) is 3.36. The third kappa shape index (κ3) is 4.79. The second-order valence-electron chi connectivity index (χ2n) is 3.36. The van der Waals surface area contributed by atoms with Gasteiger partial charge in [0.05, 0.1) is 11.5 Å². The Bertz CT molecular complexity index is 402. The van der Waals surface area contributed by atoms with E-state index in [2.05, 4.69) is 9.78 Å². The van der Waals surface area contributed by atoms with Crippen LogP contribution in [0.5, 0.6) is 5.75 Å². The van der Waals surface area contributed by atoms with Crippen LogP contribution in [0.15, 0.2) is 24.3 Å². The number of unbranched alkanes of at least 4 members (excludes halogenated alkanes) is 1. The van der Waals surface area contributed by atoms with Gasteiger partial charge in [0.15, 0.2) is 0 Å². The smallest absolute Gasteiger partial charge is 0.393 e. The molecular weight excluding hydrogens is 242 g/mol. The Morgan fingerprint density at radius 3 is 2.56 bits per heavy atom. The minimum atomic E-state index is -1.01. The fourth-order valence-corrected chi connectivity index (χ4v) is 1.04. The molecule has 0 aliphatic rings. The van der Waals surface area contributed by atoms with Crippen LogP contribution in [-0.4, -0.2) is 17.7 Å². The standard InChI is InChI=1S/C11H13NO6/c1-2-3-8-16-18-11(13)17-10-6-4-9(5-7-10)12(14)15/h4-7H,2-3,8H2,1H3. The molecule has 0 aromatic heterocycles. The van der Waals surface area contributed by atoms with Crippen molar-refractivity contribution in [2.75, 3.05) is 6.61 Å². The van der Waals surface area contributed by atoms with Gasteiger partial charge in [0.2, 0.25) is 0 Å². The molecule has 7 heteroatoms. The number of nitro groups is 1. The van der Waals surface area contributed by atoms with Crippen molar-refractivity contribution in [3.8, 4) is 5.75 Å². The summed E-state index contributed by atoms with van der Waals surface area (Å²) in [6.07, 6.45) is 0.672. The van der Waals surface area contributed by atoms with E-state index in [9.17, 15) is 14.9 Å². The summed E-state index contributed by atoms with van der Waals surface area (Å²) in [5, 5.41) is 10.4. The fourth-order valence-electron chi connectivity index (χ4n) is 1.04. The van der Waals surface area contributed by atoms with Crippen molar-refractivity contribution >= 4 is 11.8 Å². The minimum Gasteiger partial charge on any atom is -0.393 e. The van der Waals surface area contributed by atoms with Gasteiger partial charge >= 0.3 is 6.16 Å². The molecule has 0 amide bonds. The Labute approximate surface area is 103 Å². The van der Waals surface area contributed by atoms with Gasteiger partial charge in [-0.25, -0.2) is 4.79 Å². The molecular formula is C11H13NO6. The molecule has 0 heterocycles. The van der Waals surface area contributed by atoms with E-state index in [1.54, 1.807) is 0 Å². The number of ether oxygens (including phenoxy) is 1. The zero-order valence-electron chi connectivity index (χ0n) is 9.83. The van der Waals surface area contributed by atoms with Crippen LogP contribution in [0.3, 0.4) is 0 Å². The largest absolute Gasteiger partial charge is 0.546 e. The van der Waals surface area contributed by atoms with Crippen molar-refractivity contribution in [2.45, 2.75) is 19.8 Å². The van der Waals surface area contributed by atoms with Crippen molar-refractivity contribution in [3.05, 3.63) is 34.4 Å². The molecule has 0 aliphatic carbocycles. The van der Waals surface area contributed by atoms with Crippen LogP contribution >= 0.6 is 0 Å². The molecule has 0 saturated carbocycles. The molecule has 0 fully saturated rings. The van der Waals surface area contributed by atoms with Gasteiger partial charge in [-0.1, -0.05) is 13.3 Å². The SMILES string of the molecule is CCCCOOC(=O)Oc1ccc([N+](=O)[O-])cc1. The first-order chi connectivity index (χ1) is 8.63. The van der Waals surface area contributed by atoms with Crippen molar-refractivity contribution in [1.29, 1.82) is 0 Å². The topological polar surface area (TPSA) is 87.9 Å². The molecule has 1 aromatic carbocycles. The van der Waals surface area contributed by atoms with Crippen LogP contribution < -0.4 is 4.74 Å².